The number of nitrogens with zero attached hydrogens (tertiary/aromatic N) is 2. The highest BCUT2D eigenvalue weighted by atomic mass is 35.5. The summed E-state index contributed by atoms with van der Waals surface area (Å²) in [5, 5.41) is 3.53. The van der Waals surface area contributed by atoms with Gasteiger partial charge in [-0.1, -0.05) is 46.9 Å². The lowest BCUT2D eigenvalue weighted by Crippen LogP contribution is -2.50. The van der Waals surface area contributed by atoms with E-state index >= 15 is 0 Å². The van der Waals surface area contributed by atoms with E-state index in [0.717, 1.165) is 0 Å². The van der Waals surface area contributed by atoms with Gasteiger partial charge in [-0.15, -0.1) is 0 Å². The minimum atomic E-state index is -3.75. The Kier molecular flexibility index (Phi) is 6.85. The molecule has 6 nitrogen and oxygen atoms in total. The van der Waals surface area contributed by atoms with Gasteiger partial charge >= 0.3 is 0 Å². The molecule has 2 aromatic carbocycles. The van der Waals surface area contributed by atoms with E-state index in [1.807, 2.05) is 4.90 Å². The number of sulfonamides is 1. The highest BCUT2D eigenvalue weighted by molar-refractivity contribution is 7.89. The van der Waals surface area contributed by atoms with Gasteiger partial charge in [0, 0.05) is 36.9 Å². The van der Waals surface area contributed by atoms with E-state index in [9.17, 15) is 13.2 Å². The number of nitrogens with one attached hydrogen (secondary N) is 1. The van der Waals surface area contributed by atoms with Crippen molar-refractivity contribution in [2.75, 3.05) is 38.0 Å². The van der Waals surface area contributed by atoms with Crippen molar-refractivity contribution in [2.24, 2.45) is 0 Å². The number of hydrogen-bond acceptors (Lipinski definition) is 4. The molecule has 0 radical (unpaired) electrons. The maximum absolute atomic E-state index is 12.8. The molecule has 2 aromatic rings. The number of anilines is 1. The van der Waals surface area contributed by atoms with Crippen molar-refractivity contribution in [3.8, 4) is 0 Å². The van der Waals surface area contributed by atoms with Gasteiger partial charge in [-0.25, -0.2) is 8.42 Å². The number of benzene rings is 2. The predicted molar refractivity (Wildman–Crippen MR) is 112 cm³/mol. The van der Waals surface area contributed by atoms with Crippen LogP contribution in [0.3, 0.4) is 0 Å². The van der Waals surface area contributed by atoms with Crippen LogP contribution in [-0.2, 0) is 14.8 Å². The summed E-state index contributed by atoms with van der Waals surface area (Å²) in [6, 6.07) is 11.4. The first kappa shape index (κ1) is 21.4. The van der Waals surface area contributed by atoms with Gasteiger partial charge in [0.2, 0.25) is 15.9 Å². The Morgan fingerprint density at radius 3 is 2.36 bits per heavy atom. The summed E-state index contributed by atoms with van der Waals surface area (Å²) >= 11 is 17.9. The lowest BCUT2D eigenvalue weighted by atomic mass is 10.3. The van der Waals surface area contributed by atoms with Crippen molar-refractivity contribution in [2.45, 2.75) is 4.90 Å². The monoisotopic (exact) mass is 461 g/mol. The predicted octanol–water partition coefficient (Wildman–Crippen LogP) is 3.59. The van der Waals surface area contributed by atoms with Gasteiger partial charge in [-0.05, 0) is 30.3 Å². The Bertz CT molecular complexity index is 977. The van der Waals surface area contributed by atoms with E-state index in [4.69, 9.17) is 34.8 Å². The molecule has 0 aromatic heterocycles. The van der Waals surface area contributed by atoms with Gasteiger partial charge in [0.25, 0.3) is 0 Å². The Balaban J connectivity index is 1.58. The van der Waals surface area contributed by atoms with Crippen LogP contribution in [0, 0.1) is 0 Å². The molecule has 0 aliphatic carbocycles. The molecule has 1 heterocycles. The third kappa shape index (κ3) is 4.97. The van der Waals surface area contributed by atoms with Crippen LogP contribution < -0.4 is 5.32 Å². The first-order valence-corrected chi connectivity index (χ1v) is 11.1. The minimum Gasteiger partial charge on any atom is -0.325 e. The molecule has 0 bridgehead atoms. The number of carbonyl (C=O) groups excluding carboxylic acids is 1. The summed E-state index contributed by atoms with van der Waals surface area (Å²) in [4.78, 5) is 14.1. The molecule has 0 unspecified atom stereocenters. The molecule has 150 valence electrons. The summed E-state index contributed by atoms with van der Waals surface area (Å²) < 4.78 is 27.0. The molecule has 28 heavy (non-hydrogen) atoms. The highest BCUT2D eigenvalue weighted by Crippen LogP contribution is 2.31. The van der Waals surface area contributed by atoms with Crippen LogP contribution in [-0.4, -0.2) is 56.3 Å². The molecule has 0 atom stereocenters. The molecular formula is C18H18Cl3N3O3S. The van der Waals surface area contributed by atoms with E-state index in [1.165, 1.54) is 10.4 Å². The zero-order chi connectivity index (χ0) is 20.3. The van der Waals surface area contributed by atoms with Crippen LogP contribution in [0.15, 0.2) is 47.4 Å². The zero-order valence-electron chi connectivity index (χ0n) is 14.7. The first-order valence-electron chi connectivity index (χ1n) is 8.49. The summed E-state index contributed by atoms with van der Waals surface area (Å²) in [6.07, 6.45) is 0. The van der Waals surface area contributed by atoms with E-state index in [-0.39, 0.29) is 40.5 Å². The van der Waals surface area contributed by atoms with Crippen molar-refractivity contribution in [3.05, 3.63) is 57.5 Å². The van der Waals surface area contributed by atoms with Gasteiger partial charge in [0.15, 0.2) is 0 Å². The van der Waals surface area contributed by atoms with Gasteiger partial charge in [0.05, 0.1) is 16.6 Å². The van der Waals surface area contributed by atoms with E-state index < -0.39 is 10.0 Å². The molecule has 0 spiro atoms. The fourth-order valence-corrected chi connectivity index (χ4v) is 5.27. The smallest absolute Gasteiger partial charge is 0.244 e. The molecule has 1 fully saturated rings. The van der Waals surface area contributed by atoms with Crippen LogP contribution in [0.5, 0.6) is 0 Å². The zero-order valence-corrected chi connectivity index (χ0v) is 17.8. The molecule has 3 rings (SSSR count). The molecule has 10 heteroatoms. The second kappa shape index (κ2) is 8.98. The lowest BCUT2D eigenvalue weighted by molar-refractivity contribution is -0.117. The summed E-state index contributed by atoms with van der Waals surface area (Å²) in [5.74, 6) is -0.184. The number of carbonyl (C=O) groups is 1. The summed E-state index contributed by atoms with van der Waals surface area (Å²) in [7, 11) is -3.75. The van der Waals surface area contributed by atoms with E-state index in [1.54, 1.807) is 36.4 Å². The normalized spacial score (nSPS) is 16.1. The highest BCUT2D eigenvalue weighted by Gasteiger charge is 2.31. The first-order chi connectivity index (χ1) is 13.3. The fraction of sp³-hybridized carbons (Fsp3) is 0.278. The number of halogens is 3. The molecular weight excluding hydrogens is 445 g/mol. The molecule has 1 amide bonds. The SMILES string of the molecule is O=C(CN1CCN(S(=O)(=O)c2cccc(Cl)c2Cl)CC1)Nc1cccc(Cl)c1. The van der Waals surface area contributed by atoms with E-state index in [0.29, 0.717) is 23.8 Å². The molecule has 1 aliphatic heterocycles. The van der Waals surface area contributed by atoms with Gasteiger partial charge in [-0.3, -0.25) is 9.69 Å². The quantitative estimate of drug-likeness (QED) is 0.737. The maximum Gasteiger partial charge on any atom is 0.244 e. The molecule has 1 aliphatic rings. The number of amides is 1. The average Bonchev–Trinajstić information content (AvgIpc) is 2.64. The standard InChI is InChI=1S/C18H18Cl3N3O3S/c19-13-3-1-4-14(11-13)22-17(25)12-23-7-9-24(10-8-23)28(26,27)16-6-2-5-15(20)18(16)21/h1-6,11H,7-10,12H2,(H,22,25). The van der Waals surface area contributed by atoms with Crippen LogP contribution >= 0.6 is 34.8 Å². The largest absolute Gasteiger partial charge is 0.325 e. The summed E-state index contributed by atoms with van der Waals surface area (Å²) in [5.41, 5.74) is 0.620. The molecule has 0 saturated carbocycles. The number of piperazine rings is 1. The van der Waals surface area contributed by atoms with Crippen molar-refractivity contribution in [3.63, 3.8) is 0 Å². The Morgan fingerprint density at radius 1 is 1.00 bits per heavy atom. The van der Waals surface area contributed by atoms with Gasteiger partial charge in [0.1, 0.15) is 4.90 Å². The topological polar surface area (TPSA) is 69.7 Å². The number of rotatable bonds is 5. The maximum atomic E-state index is 12.8. The van der Waals surface area contributed by atoms with Crippen LogP contribution in [0.2, 0.25) is 15.1 Å². The van der Waals surface area contributed by atoms with Crippen molar-refractivity contribution < 1.29 is 13.2 Å². The number of hydrogen-bond donors (Lipinski definition) is 1. The van der Waals surface area contributed by atoms with Crippen LogP contribution in [0.1, 0.15) is 0 Å². The van der Waals surface area contributed by atoms with Crippen molar-refractivity contribution in [1.82, 2.24) is 9.21 Å². The fourth-order valence-electron chi connectivity index (χ4n) is 2.92. The van der Waals surface area contributed by atoms with Crippen molar-refractivity contribution in [1.29, 1.82) is 0 Å². The Morgan fingerprint density at radius 2 is 1.68 bits per heavy atom. The minimum absolute atomic E-state index is 0.00573. The van der Waals surface area contributed by atoms with Crippen molar-refractivity contribution >= 4 is 56.4 Å². The summed E-state index contributed by atoms with van der Waals surface area (Å²) in [6.45, 7) is 1.55. The lowest BCUT2D eigenvalue weighted by Gasteiger charge is -2.33. The second-order valence-corrected chi connectivity index (χ2v) is 9.42. The third-order valence-electron chi connectivity index (χ3n) is 4.34. The Labute approximate surface area is 179 Å². The van der Waals surface area contributed by atoms with Gasteiger partial charge in [-0.2, -0.15) is 4.31 Å². The second-order valence-electron chi connectivity index (χ2n) is 6.29. The third-order valence-corrected chi connectivity index (χ3v) is 7.45. The average molecular weight is 463 g/mol. The molecule has 1 saturated heterocycles. The molecule has 1 N–H and O–H groups in total. The van der Waals surface area contributed by atoms with Gasteiger partial charge < -0.3 is 5.32 Å². The Hall–Kier alpha value is -1.35. The van der Waals surface area contributed by atoms with E-state index in [2.05, 4.69) is 5.32 Å². The van der Waals surface area contributed by atoms with Crippen LogP contribution in [0.25, 0.3) is 0 Å². The van der Waals surface area contributed by atoms with Crippen LogP contribution in [0.4, 0.5) is 5.69 Å².